The second-order valence-corrected chi connectivity index (χ2v) is 5.41. The molecule has 1 atom stereocenters. The van der Waals surface area contributed by atoms with Crippen LogP contribution in [0, 0.1) is 5.92 Å². The maximum atomic E-state index is 11.4. The van der Waals surface area contributed by atoms with Crippen molar-refractivity contribution in [3.63, 3.8) is 0 Å². The molecular formula is C15H16N4O5. The zero-order valence-corrected chi connectivity index (χ0v) is 13.3. The van der Waals surface area contributed by atoms with E-state index in [1.807, 2.05) is 13.8 Å². The summed E-state index contributed by atoms with van der Waals surface area (Å²) < 4.78 is 20.5. The molecule has 0 aliphatic rings. The molecule has 0 saturated heterocycles. The lowest BCUT2D eigenvalue weighted by Crippen LogP contribution is -2.16. The molecule has 0 aromatic carbocycles. The number of ether oxygens (including phenoxy) is 1. The van der Waals surface area contributed by atoms with Crippen LogP contribution in [-0.4, -0.2) is 28.0 Å². The number of nitrogens with two attached hydrogens (primary N) is 1. The van der Waals surface area contributed by atoms with Crippen molar-refractivity contribution in [3.05, 3.63) is 30.4 Å². The van der Waals surface area contributed by atoms with E-state index in [-0.39, 0.29) is 29.4 Å². The summed E-state index contributed by atoms with van der Waals surface area (Å²) in [6.45, 7) is 3.94. The van der Waals surface area contributed by atoms with Crippen LogP contribution in [0.5, 0.6) is 0 Å². The molecule has 9 nitrogen and oxygen atoms in total. The molecule has 0 radical (unpaired) electrons. The average Bonchev–Trinajstić information content (AvgIpc) is 3.31. The van der Waals surface area contributed by atoms with Crippen molar-refractivity contribution in [1.82, 2.24) is 15.0 Å². The first-order valence-corrected chi connectivity index (χ1v) is 7.20. The fourth-order valence-corrected chi connectivity index (χ4v) is 1.90. The van der Waals surface area contributed by atoms with E-state index in [4.69, 9.17) is 19.0 Å². The van der Waals surface area contributed by atoms with Gasteiger partial charge in [0.05, 0.1) is 13.2 Å². The molecule has 2 N–H and O–H groups in total. The number of hydrogen-bond donors (Lipinski definition) is 1. The SMILES string of the molecule is COC(=O)c1coc(-c2coc(-c3coc(C(N)C(C)C)n3)n2)n1. The number of esters is 1. The molecule has 3 heterocycles. The minimum atomic E-state index is -0.600. The molecule has 0 amide bonds. The largest absolute Gasteiger partial charge is 0.464 e. The molecule has 126 valence electrons. The summed E-state index contributed by atoms with van der Waals surface area (Å²) in [5, 5.41) is 0. The van der Waals surface area contributed by atoms with E-state index in [0.717, 1.165) is 0 Å². The summed E-state index contributed by atoms with van der Waals surface area (Å²) in [7, 11) is 1.26. The number of carbonyl (C=O) groups excluding carboxylic acids is 1. The minimum Gasteiger partial charge on any atom is -0.464 e. The lowest BCUT2D eigenvalue weighted by molar-refractivity contribution is 0.0594. The van der Waals surface area contributed by atoms with Crippen LogP contribution in [-0.2, 0) is 4.74 Å². The van der Waals surface area contributed by atoms with Gasteiger partial charge in [-0.25, -0.2) is 19.7 Å². The van der Waals surface area contributed by atoms with Crippen molar-refractivity contribution in [3.8, 4) is 23.2 Å². The smallest absolute Gasteiger partial charge is 0.360 e. The van der Waals surface area contributed by atoms with Crippen LogP contribution in [0.2, 0.25) is 0 Å². The predicted octanol–water partition coefficient (Wildman–Crippen LogP) is 2.43. The predicted molar refractivity (Wildman–Crippen MR) is 80.6 cm³/mol. The van der Waals surface area contributed by atoms with Crippen molar-refractivity contribution in [2.24, 2.45) is 11.7 Å². The first-order valence-electron chi connectivity index (χ1n) is 7.20. The maximum Gasteiger partial charge on any atom is 0.360 e. The first-order chi connectivity index (χ1) is 11.5. The van der Waals surface area contributed by atoms with Crippen LogP contribution in [0.3, 0.4) is 0 Å². The molecule has 0 aliphatic heterocycles. The van der Waals surface area contributed by atoms with Crippen molar-refractivity contribution < 1.29 is 22.8 Å². The van der Waals surface area contributed by atoms with Crippen molar-refractivity contribution in [1.29, 1.82) is 0 Å². The number of aromatic nitrogens is 3. The van der Waals surface area contributed by atoms with E-state index in [2.05, 4.69) is 19.7 Å². The number of hydrogen-bond acceptors (Lipinski definition) is 9. The van der Waals surface area contributed by atoms with Gasteiger partial charge in [-0.2, -0.15) is 0 Å². The van der Waals surface area contributed by atoms with Crippen LogP contribution in [0.4, 0.5) is 0 Å². The summed E-state index contributed by atoms with van der Waals surface area (Å²) in [5.74, 6) is 0.351. The third-order valence-corrected chi connectivity index (χ3v) is 3.37. The molecule has 9 heteroatoms. The fourth-order valence-electron chi connectivity index (χ4n) is 1.90. The number of rotatable bonds is 5. The molecule has 0 bridgehead atoms. The van der Waals surface area contributed by atoms with Crippen molar-refractivity contribution in [2.75, 3.05) is 7.11 Å². The lowest BCUT2D eigenvalue weighted by Gasteiger charge is -2.10. The topological polar surface area (TPSA) is 130 Å². The van der Waals surface area contributed by atoms with Gasteiger partial charge in [0, 0.05) is 0 Å². The summed E-state index contributed by atoms with van der Waals surface area (Å²) >= 11 is 0. The van der Waals surface area contributed by atoms with Crippen LogP contribution in [0.15, 0.2) is 32.0 Å². The zero-order chi connectivity index (χ0) is 17.3. The standard InChI is InChI=1S/C15H16N4O5/c1-7(2)11(16)14-18-9(5-24-14)12-17-8(4-22-12)13-19-10(6-23-13)15(20)21-3/h4-7,11H,16H2,1-3H3. The fraction of sp³-hybridized carbons (Fsp3) is 0.333. The molecular weight excluding hydrogens is 316 g/mol. The van der Waals surface area contributed by atoms with Crippen LogP contribution < -0.4 is 5.73 Å². The first kappa shape index (κ1) is 15.9. The Bertz CT molecular complexity index is 848. The van der Waals surface area contributed by atoms with Crippen molar-refractivity contribution in [2.45, 2.75) is 19.9 Å². The molecule has 0 saturated carbocycles. The summed E-state index contributed by atoms with van der Waals surface area (Å²) in [6.07, 6.45) is 3.95. The van der Waals surface area contributed by atoms with E-state index in [1.165, 1.54) is 25.9 Å². The summed E-state index contributed by atoms with van der Waals surface area (Å²) in [6, 6.07) is -0.317. The third kappa shape index (κ3) is 2.93. The highest BCUT2D eigenvalue weighted by atomic mass is 16.5. The highest BCUT2D eigenvalue weighted by Crippen LogP contribution is 2.26. The van der Waals surface area contributed by atoms with E-state index < -0.39 is 5.97 Å². The second kappa shape index (κ2) is 6.28. The highest BCUT2D eigenvalue weighted by Gasteiger charge is 2.21. The normalized spacial score (nSPS) is 12.5. The van der Waals surface area contributed by atoms with E-state index in [0.29, 0.717) is 17.3 Å². The van der Waals surface area contributed by atoms with Gasteiger partial charge >= 0.3 is 5.97 Å². The van der Waals surface area contributed by atoms with Gasteiger partial charge in [-0.1, -0.05) is 13.8 Å². The second-order valence-electron chi connectivity index (χ2n) is 5.41. The average molecular weight is 332 g/mol. The Morgan fingerprint density at radius 2 is 1.67 bits per heavy atom. The van der Waals surface area contributed by atoms with Crippen LogP contribution in [0.1, 0.15) is 36.3 Å². The monoisotopic (exact) mass is 332 g/mol. The van der Waals surface area contributed by atoms with Gasteiger partial charge in [-0.3, -0.25) is 0 Å². The zero-order valence-electron chi connectivity index (χ0n) is 13.3. The Morgan fingerprint density at radius 1 is 1.04 bits per heavy atom. The molecule has 0 aliphatic carbocycles. The van der Waals surface area contributed by atoms with E-state index in [9.17, 15) is 4.79 Å². The Labute approximate surface area is 136 Å². The van der Waals surface area contributed by atoms with Gasteiger partial charge < -0.3 is 23.7 Å². The van der Waals surface area contributed by atoms with Crippen LogP contribution >= 0.6 is 0 Å². The quantitative estimate of drug-likeness (QED) is 0.700. The molecule has 3 aromatic rings. The molecule has 24 heavy (non-hydrogen) atoms. The van der Waals surface area contributed by atoms with Gasteiger partial charge in [0.1, 0.15) is 18.8 Å². The summed E-state index contributed by atoms with van der Waals surface area (Å²) in [4.78, 5) is 23.9. The van der Waals surface area contributed by atoms with Gasteiger partial charge in [-0.15, -0.1) is 0 Å². The van der Waals surface area contributed by atoms with Gasteiger partial charge in [-0.05, 0) is 5.92 Å². The van der Waals surface area contributed by atoms with E-state index in [1.54, 1.807) is 0 Å². The molecule has 3 rings (SSSR count). The Balaban J connectivity index is 1.83. The Kier molecular flexibility index (Phi) is 4.17. The molecule has 0 fully saturated rings. The molecule has 3 aromatic heterocycles. The van der Waals surface area contributed by atoms with Gasteiger partial charge in [0.2, 0.25) is 17.7 Å². The highest BCUT2D eigenvalue weighted by molar-refractivity contribution is 5.87. The number of oxazole rings is 3. The van der Waals surface area contributed by atoms with E-state index >= 15 is 0 Å². The summed E-state index contributed by atoms with van der Waals surface area (Å²) in [5.41, 5.74) is 6.77. The molecule has 0 spiro atoms. The molecule has 1 unspecified atom stereocenters. The number of methoxy groups -OCH3 is 1. The van der Waals surface area contributed by atoms with Crippen molar-refractivity contribution >= 4 is 5.97 Å². The third-order valence-electron chi connectivity index (χ3n) is 3.37. The van der Waals surface area contributed by atoms with Gasteiger partial charge in [0.25, 0.3) is 0 Å². The van der Waals surface area contributed by atoms with Crippen LogP contribution in [0.25, 0.3) is 23.2 Å². The van der Waals surface area contributed by atoms with Gasteiger partial charge in [0.15, 0.2) is 17.1 Å². The number of carbonyl (C=O) groups is 1. The maximum absolute atomic E-state index is 11.4. The Morgan fingerprint density at radius 3 is 2.38 bits per heavy atom. The Hall–Kier alpha value is -2.94. The number of nitrogens with zero attached hydrogens (tertiary/aromatic N) is 3. The minimum absolute atomic E-state index is 0.0451. The lowest BCUT2D eigenvalue weighted by atomic mass is 10.1.